The summed E-state index contributed by atoms with van der Waals surface area (Å²) in [7, 11) is 0. The lowest BCUT2D eigenvalue weighted by Gasteiger charge is -2.27. The minimum atomic E-state index is 0.250. The zero-order valence-corrected chi connectivity index (χ0v) is 9.59. The van der Waals surface area contributed by atoms with Gasteiger partial charge in [-0.1, -0.05) is 12.8 Å². The molecule has 0 aromatic heterocycles. The third-order valence-electron chi connectivity index (χ3n) is 3.54. The summed E-state index contributed by atoms with van der Waals surface area (Å²) in [6.45, 7) is 4.04. The molecular weight excluding hydrogens is 188 g/mol. The van der Waals surface area contributed by atoms with E-state index < -0.39 is 0 Å². The van der Waals surface area contributed by atoms with Crippen LogP contribution in [0.2, 0.25) is 0 Å². The van der Waals surface area contributed by atoms with E-state index in [4.69, 9.17) is 0 Å². The molecule has 2 aliphatic rings. The van der Waals surface area contributed by atoms with Gasteiger partial charge in [-0.2, -0.15) is 0 Å². The third kappa shape index (κ3) is 3.49. The number of rotatable bonds is 4. The zero-order chi connectivity index (χ0) is 10.7. The highest BCUT2D eigenvalue weighted by molar-refractivity contribution is 5.78. The average molecular weight is 210 g/mol. The van der Waals surface area contributed by atoms with Crippen LogP contribution in [-0.2, 0) is 4.79 Å². The van der Waals surface area contributed by atoms with Crippen molar-refractivity contribution in [3.05, 3.63) is 0 Å². The van der Waals surface area contributed by atoms with Gasteiger partial charge >= 0.3 is 0 Å². The molecule has 2 N–H and O–H groups in total. The van der Waals surface area contributed by atoms with Crippen LogP contribution in [0.1, 0.15) is 39.0 Å². The molecule has 0 spiro atoms. The molecule has 1 aliphatic carbocycles. The van der Waals surface area contributed by atoms with Crippen molar-refractivity contribution in [2.45, 2.75) is 45.1 Å². The van der Waals surface area contributed by atoms with Crippen LogP contribution in [0.5, 0.6) is 0 Å². The van der Waals surface area contributed by atoms with Gasteiger partial charge in [-0.25, -0.2) is 0 Å². The molecular formula is C12H22N2O. The van der Waals surface area contributed by atoms with Gasteiger partial charge in [-0.05, 0) is 38.6 Å². The van der Waals surface area contributed by atoms with E-state index in [0.717, 1.165) is 31.8 Å². The maximum atomic E-state index is 11.8. The Morgan fingerprint density at radius 1 is 1.40 bits per heavy atom. The highest BCUT2D eigenvalue weighted by Crippen LogP contribution is 2.31. The summed E-state index contributed by atoms with van der Waals surface area (Å²) in [5, 5.41) is 6.45. The van der Waals surface area contributed by atoms with Crippen LogP contribution < -0.4 is 10.6 Å². The van der Waals surface area contributed by atoms with Crippen molar-refractivity contribution >= 4 is 5.91 Å². The molecule has 1 saturated heterocycles. The van der Waals surface area contributed by atoms with Crippen LogP contribution in [0.4, 0.5) is 0 Å². The van der Waals surface area contributed by atoms with Crippen LogP contribution in [0.15, 0.2) is 0 Å². The quantitative estimate of drug-likeness (QED) is 0.734. The van der Waals surface area contributed by atoms with Crippen molar-refractivity contribution in [3.8, 4) is 0 Å². The highest BCUT2D eigenvalue weighted by atomic mass is 16.1. The van der Waals surface area contributed by atoms with Crippen molar-refractivity contribution in [1.82, 2.24) is 10.6 Å². The molecule has 0 aromatic carbocycles. The summed E-state index contributed by atoms with van der Waals surface area (Å²) in [6, 6.07) is 0.498. The Morgan fingerprint density at radius 3 is 2.87 bits per heavy atom. The van der Waals surface area contributed by atoms with Crippen LogP contribution in [0.3, 0.4) is 0 Å². The van der Waals surface area contributed by atoms with Crippen LogP contribution in [0, 0.1) is 11.8 Å². The van der Waals surface area contributed by atoms with Crippen LogP contribution in [-0.4, -0.2) is 25.0 Å². The summed E-state index contributed by atoms with van der Waals surface area (Å²) < 4.78 is 0. The molecule has 1 amide bonds. The maximum absolute atomic E-state index is 11.8. The molecule has 1 saturated carbocycles. The smallest absolute Gasteiger partial charge is 0.223 e. The van der Waals surface area contributed by atoms with E-state index in [9.17, 15) is 4.79 Å². The van der Waals surface area contributed by atoms with E-state index in [0.29, 0.717) is 6.04 Å². The van der Waals surface area contributed by atoms with Gasteiger partial charge in [0.05, 0.1) is 0 Å². The summed E-state index contributed by atoms with van der Waals surface area (Å²) in [6.07, 6.45) is 5.93. The summed E-state index contributed by atoms with van der Waals surface area (Å²) in [5.74, 6) is 1.45. The van der Waals surface area contributed by atoms with E-state index in [1.807, 2.05) is 0 Å². The second-order valence-corrected chi connectivity index (χ2v) is 5.10. The highest BCUT2D eigenvalue weighted by Gasteiger charge is 2.25. The maximum Gasteiger partial charge on any atom is 0.223 e. The number of hydrogen-bond acceptors (Lipinski definition) is 2. The number of carbonyl (C=O) groups excluding carboxylic acids is 1. The van der Waals surface area contributed by atoms with Crippen molar-refractivity contribution in [1.29, 1.82) is 0 Å². The van der Waals surface area contributed by atoms with E-state index in [-0.39, 0.29) is 11.8 Å². The van der Waals surface area contributed by atoms with Gasteiger partial charge in [0.1, 0.15) is 0 Å². The third-order valence-corrected chi connectivity index (χ3v) is 3.54. The summed E-state index contributed by atoms with van der Waals surface area (Å²) in [4.78, 5) is 11.8. The minimum absolute atomic E-state index is 0.250. The Labute approximate surface area is 92.0 Å². The number of carbonyl (C=O) groups is 1. The van der Waals surface area contributed by atoms with Crippen LogP contribution in [0.25, 0.3) is 0 Å². The molecule has 3 nitrogen and oxygen atoms in total. The zero-order valence-electron chi connectivity index (χ0n) is 9.59. The second-order valence-electron chi connectivity index (χ2n) is 5.10. The molecule has 1 aliphatic heterocycles. The van der Waals surface area contributed by atoms with Gasteiger partial charge in [0.2, 0.25) is 5.91 Å². The molecule has 2 fully saturated rings. The van der Waals surface area contributed by atoms with Gasteiger partial charge in [0.25, 0.3) is 0 Å². The second kappa shape index (κ2) is 4.97. The number of piperidine rings is 1. The fraction of sp³-hybridized carbons (Fsp3) is 0.917. The SMILES string of the molecule is CC1CC(C(=O)NCCC2CC2)CCN1. The molecule has 2 atom stereocenters. The van der Waals surface area contributed by atoms with Gasteiger partial charge < -0.3 is 10.6 Å². The first kappa shape index (κ1) is 10.9. The van der Waals surface area contributed by atoms with E-state index >= 15 is 0 Å². The Bertz CT molecular complexity index is 226. The molecule has 0 radical (unpaired) electrons. The van der Waals surface area contributed by atoms with Crippen molar-refractivity contribution in [2.24, 2.45) is 11.8 Å². The first-order valence-corrected chi connectivity index (χ1v) is 6.27. The Balaban J connectivity index is 1.64. The number of nitrogens with one attached hydrogen (secondary N) is 2. The lowest BCUT2D eigenvalue weighted by Crippen LogP contribution is -2.42. The lowest BCUT2D eigenvalue weighted by atomic mass is 9.92. The molecule has 0 bridgehead atoms. The predicted molar refractivity (Wildman–Crippen MR) is 60.5 cm³/mol. The Morgan fingerprint density at radius 2 is 2.20 bits per heavy atom. The molecule has 2 unspecified atom stereocenters. The summed E-state index contributed by atoms with van der Waals surface area (Å²) >= 11 is 0. The van der Waals surface area contributed by atoms with Gasteiger partial charge in [-0.15, -0.1) is 0 Å². The van der Waals surface area contributed by atoms with Crippen LogP contribution >= 0.6 is 0 Å². The fourth-order valence-electron chi connectivity index (χ4n) is 2.32. The summed E-state index contributed by atoms with van der Waals surface area (Å²) in [5.41, 5.74) is 0. The topological polar surface area (TPSA) is 41.1 Å². The van der Waals surface area contributed by atoms with E-state index in [1.54, 1.807) is 0 Å². The first-order chi connectivity index (χ1) is 7.25. The molecule has 86 valence electrons. The van der Waals surface area contributed by atoms with E-state index in [1.165, 1.54) is 19.3 Å². The van der Waals surface area contributed by atoms with Crippen molar-refractivity contribution in [2.75, 3.05) is 13.1 Å². The Kier molecular flexibility index (Phi) is 3.62. The standard InChI is InChI=1S/C12H22N2O/c1-9-8-11(5-7-13-9)12(15)14-6-4-10-2-3-10/h9-11,13H,2-8H2,1H3,(H,14,15). The average Bonchev–Trinajstić information content (AvgIpc) is 3.01. The largest absolute Gasteiger partial charge is 0.356 e. The number of hydrogen-bond donors (Lipinski definition) is 2. The first-order valence-electron chi connectivity index (χ1n) is 6.27. The molecule has 0 aromatic rings. The molecule has 2 rings (SSSR count). The van der Waals surface area contributed by atoms with Gasteiger partial charge in [0.15, 0.2) is 0 Å². The van der Waals surface area contributed by atoms with Crippen molar-refractivity contribution < 1.29 is 4.79 Å². The van der Waals surface area contributed by atoms with Gasteiger partial charge in [0, 0.05) is 18.5 Å². The number of amides is 1. The van der Waals surface area contributed by atoms with Crippen molar-refractivity contribution in [3.63, 3.8) is 0 Å². The normalized spacial score (nSPS) is 31.3. The van der Waals surface area contributed by atoms with E-state index in [2.05, 4.69) is 17.6 Å². The predicted octanol–water partition coefficient (Wildman–Crippen LogP) is 1.29. The molecule has 3 heteroatoms. The minimum Gasteiger partial charge on any atom is -0.356 e. The monoisotopic (exact) mass is 210 g/mol. The Hall–Kier alpha value is -0.570. The molecule has 1 heterocycles. The lowest BCUT2D eigenvalue weighted by molar-refractivity contribution is -0.126. The molecule has 15 heavy (non-hydrogen) atoms. The van der Waals surface area contributed by atoms with Gasteiger partial charge in [-0.3, -0.25) is 4.79 Å². The fourth-order valence-corrected chi connectivity index (χ4v) is 2.32.